The third-order valence-corrected chi connectivity index (χ3v) is 1.90. The van der Waals surface area contributed by atoms with Crippen LogP contribution < -0.4 is 0 Å². The predicted octanol–water partition coefficient (Wildman–Crippen LogP) is 2.16. The second kappa shape index (κ2) is 6.85. The summed E-state index contributed by atoms with van der Waals surface area (Å²) in [6.45, 7) is 1.91. The summed E-state index contributed by atoms with van der Waals surface area (Å²) in [6.07, 6.45) is 5.74. The summed E-state index contributed by atoms with van der Waals surface area (Å²) in [7, 11) is 0. The Morgan fingerprint density at radius 2 is 2.06 bits per heavy atom. The van der Waals surface area contributed by atoms with Crippen molar-refractivity contribution in [3.8, 4) is 6.07 Å². The molecule has 0 atom stereocenters. The number of aryl methyl sites for hydroxylation is 1. The number of rotatable bonds is 1. The second-order valence-electron chi connectivity index (χ2n) is 3.16. The SMILES string of the molecule is Cc1cnccn1.N#Cc1ccccc1C=O. The van der Waals surface area contributed by atoms with Gasteiger partial charge in [-0.05, 0) is 13.0 Å². The van der Waals surface area contributed by atoms with Crippen molar-refractivity contribution in [2.24, 2.45) is 0 Å². The fourth-order valence-corrected chi connectivity index (χ4v) is 1.08. The number of carbonyl (C=O) groups is 1. The lowest BCUT2D eigenvalue weighted by atomic mass is 10.1. The molecule has 0 amide bonds. The first kappa shape index (κ1) is 12.5. The maximum absolute atomic E-state index is 10.2. The molecule has 0 N–H and O–H groups in total. The summed E-state index contributed by atoms with van der Waals surface area (Å²) < 4.78 is 0. The minimum atomic E-state index is 0.428. The van der Waals surface area contributed by atoms with E-state index in [1.165, 1.54) is 0 Å². The van der Waals surface area contributed by atoms with Gasteiger partial charge in [-0.25, -0.2) is 0 Å². The topological polar surface area (TPSA) is 66.6 Å². The Balaban J connectivity index is 0.000000181. The first-order chi connectivity index (χ1) is 8.27. The average Bonchev–Trinajstić information content (AvgIpc) is 2.40. The normalized spacial score (nSPS) is 8.47. The third kappa shape index (κ3) is 4.22. The van der Waals surface area contributed by atoms with E-state index in [1.807, 2.05) is 13.0 Å². The van der Waals surface area contributed by atoms with Crippen molar-refractivity contribution >= 4 is 6.29 Å². The van der Waals surface area contributed by atoms with Crippen LogP contribution in [0.4, 0.5) is 0 Å². The van der Waals surface area contributed by atoms with Crippen molar-refractivity contribution in [1.29, 1.82) is 5.26 Å². The van der Waals surface area contributed by atoms with Gasteiger partial charge in [-0.2, -0.15) is 5.26 Å². The number of aromatic nitrogens is 2. The van der Waals surface area contributed by atoms with E-state index >= 15 is 0 Å². The lowest BCUT2D eigenvalue weighted by Crippen LogP contribution is -1.84. The molecule has 0 aliphatic rings. The van der Waals surface area contributed by atoms with E-state index in [9.17, 15) is 4.79 Å². The molecule has 84 valence electrons. The zero-order valence-corrected chi connectivity index (χ0v) is 9.37. The molecular weight excluding hydrogens is 214 g/mol. The monoisotopic (exact) mass is 225 g/mol. The first-order valence-corrected chi connectivity index (χ1v) is 4.95. The van der Waals surface area contributed by atoms with Crippen LogP contribution in [0.1, 0.15) is 21.6 Å². The van der Waals surface area contributed by atoms with Gasteiger partial charge in [0, 0.05) is 24.2 Å². The molecule has 0 spiro atoms. The molecule has 4 heteroatoms. The van der Waals surface area contributed by atoms with Crippen LogP contribution in [0.2, 0.25) is 0 Å². The smallest absolute Gasteiger partial charge is 0.151 e. The molecule has 0 aliphatic carbocycles. The zero-order chi connectivity index (χ0) is 12.5. The van der Waals surface area contributed by atoms with Crippen molar-refractivity contribution < 1.29 is 4.79 Å². The van der Waals surface area contributed by atoms with Gasteiger partial charge < -0.3 is 0 Å². The van der Waals surface area contributed by atoms with E-state index in [0.717, 1.165) is 5.69 Å². The van der Waals surface area contributed by atoms with E-state index in [4.69, 9.17) is 5.26 Å². The van der Waals surface area contributed by atoms with E-state index in [-0.39, 0.29) is 0 Å². The highest BCUT2D eigenvalue weighted by Gasteiger charge is 1.95. The van der Waals surface area contributed by atoms with Gasteiger partial charge >= 0.3 is 0 Å². The maximum Gasteiger partial charge on any atom is 0.151 e. The van der Waals surface area contributed by atoms with Crippen LogP contribution in [-0.4, -0.2) is 16.3 Å². The van der Waals surface area contributed by atoms with Gasteiger partial charge in [0.05, 0.1) is 17.3 Å². The summed E-state index contributed by atoms with van der Waals surface area (Å²) >= 11 is 0. The standard InChI is InChI=1S/C8H5NO.C5H6N2/c9-5-7-3-1-2-4-8(7)6-10;1-5-4-6-2-3-7-5/h1-4,6H;2-4H,1H3. The third-order valence-electron chi connectivity index (χ3n) is 1.90. The summed E-state index contributed by atoms with van der Waals surface area (Å²) in [6, 6.07) is 8.60. The zero-order valence-electron chi connectivity index (χ0n) is 9.37. The Morgan fingerprint density at radius 3 is 2.47 bits per heavy atom. The molecule has 4 nitrogen and oxygen atoms in total. The van der Waals surface area contributed by atoms with Crippen LogP contribution in [0.3, 0.4) is 0 Å². The molecule has 0 radical (unpaired) electrons. The molecule has 2 rings (SSSR count). The largest absolute Gasteiger partial charge is 0.298 e. The summed E-state index contributed by atoms with van der Waals surface area (Å²) in [4.78, 5) is 18.0. The second-order valence-corrected chi connectivity index (χ2v) is 3.16. The molecule has 1 heterocycles. The summed E-state index contributed by atoms with van der Waals surface area (Å²) in [5.74, 6) is 0. The molecular formula is C13H11N3O. The molecule has 2 aromatic rings. The van der Waals surface area contributed by atoms with Gasteiger partial charge in [0.2, 0.25) is 0 Å². The molecule has 0 saturated heterocycles. The molecule has 0 saturated carbocycles. The Kier molecular flexibility index (Phi) is 5.05. The van der Waals surface area contributed by atoms with Crippen LogP contribution in [0.5, 0.6) is 0 Å². The molecule has 17 heavy (non-hydrogen) atoms. The number of carbonyl (C=O) groups excluding carboxylic acids is 1. The van der Waals surface area contributed by atoms with Crippen LogP contribution >= 0.6 is 0 Å². The van der Waals surface area contributed by atoms with Gasteiger partial charge in [-0.15, -0.1) is 0 Å². The van der Waals surface area contributed by atoms with Gasteiger partial charge in [-0.1, -0.05) is 18.2 Å². The fourth-order valence-electron chi connectivity index (χ4n) is 1.08. The predicted molar refractivity (Wildman–Crippen MR) is 63.3 cm³/mol. The minimum Gasteiger partial charge on any atom is -0.298 e. The highest BCUT2D eigenvalue weighted by Crippen LogP contribution is 2.02. The van der Waals surface area contributed by atoms with Crippen LogP contribution in [0.15, 0.2) is 42.9 Å². The highest BCUT2D eigenvalue weighted by atomic mass is 16.1. The quantitative estimate of drug-likeness (QED) is 0.697. The van der Waals surface area contributed by atoms with Crippen molar-refractivity contribution in [2.45, 2.75) is 6.92 Å². The summed E-state index contributed by atoms with van der Waals surface area (Å²) in [5.41, 5.74) is 1.84. The van der Waals surface area contributed by atoms with E-state index in [2.05, 4.69) is 9.97 Å². The molecule has 0 aliphatic heterocycles. The average molecular weight is 225 g/mol. The minimum absolute atomic E-state index is 0.428. The van der Waals surface area contributed by atoms with Gasteiger partial charge in [0.15, 0.2) is 6.29 Å². The Hall–Kier alpha value is -2.54. The summed E-state index contributed by atoms with van der Waals surface area (Å²) in [5, 5.41) is 8.44. The highest BCUT2D eigenvalue weighted by molar-refractivity contribution is 5.78. The molecule has 0 fully saturated rings. The van der Waals surface area contributed by atoms with Crippen LogP contribution in [0, 0.1) is 18.3 Å². The van der Waals surface area contributed by atoms with E-state index in [1.54, 1.807) is 42.9 Å². The molecule has 0 unspecified atom stereocenters. The van der Waals surface area contributed by atoms with Crippen LogP contribution in [0.25, 0.3) is 0 Å². The number of hydrogen-bond acceptors (Lipinski definition) is 4. The van der Waals surface area contributed by atoms with Crippen molar-refractivity contribution in [1.82, 2.24) is 9.97 Å². The van der Waals surface area contributed by atoms with Crippen LogP contribution in [-0.2, 0) is 0 Å². The number of nitriles is 1. The van der Waals surface area contributed by atoms with Gasteiger partial charge in [0.1, 0.15) is 0 Å². The van der Waals surface area contributed by atoms with Gasteiger partial charge in [0.25, 0.3) is 0 Å². The molecule has 1 aromatic heterocycles. The Bertz CT molecular complexity index is 518. The van der Waals surface area contributed by atoms with E-state index < -0.39 is 0 Å². The number of aldehydes is 1. The lowest BCUT2D eigenvalue weighted by molar-refractivity contribution is 0.112. The Labute approximate surface area is 99.6 Å². The fraction of sp³-hybridized carbons (Fsp3) is 0.0769. The maximum atomic E-state index is 10.2. The lowest BCUT2D eigenvalue weighted by Gasteiger charge is -1.89. The molecule has 1 aromatic carbocycles. The number of benzene rings is 1. The number of hydrogen-bond donors (Lipinski definition) is 0. The Morgan fingerprint density at radius 1 is 1.29 bits per heavy atom. The first-order valence-electron chi connectivity index (χ1n) is 4.95. The van der Waals surface area contributed by atoms with Crippen molar-refractivity contribution in [2.75, 3.05) is 0 Å². The number of nitrogens with zero attached hydrogens (tertiary/aromatic N) is 3. The van der Waals surface area contributed by atoms with Crippen molar-refractivity contribution in [3.63, 3.8) is 0 Å². The van der Waals surface area contributed by atoms with Crippen molar-refractivity contribution in [3.05, 3.63) is 59.7 Å². The van der Waals surface area contributed by atoms with Gasteiger partial charge in [-0.3, -0.25) is 14.8 Å². The van der Waals surface area contributed by atoms with E-state index in [0.29, 0.717) is 17.4 Å². The molecule has 0 bridgehead atoms.